The summed E-state index contributed by atoms with van der Waals surface area (Å²) >= 11 is 1.73. The van der Waals surface area contributed by atoms with E-state index in [0.29, 0.717) is 0 Å². The summed E-state index contributed by atoms with van der Waals surface area (Å²) in [4.78, 5) is 0. The topological polar surface area (TPSA) is 38.0 Å². The number of hydrogen-bond acceptors (Lipinski definition) is 3. The van der Waals surface area contributed by atoms with E-state index in [1.807, 2.05) is 0 Å². The van der Waals surface area contributed by atoms with Crippen LogP contribution in [0.2, 0.25) is 0 Å². The third-order valence-corrected chi connectivity index (χ3v) is 4.61. The lowest BCUT2D eigenvalue weighted by Gasteiger charge is -2.20. The number of benzene rings is 1. The van der Waals surface area contributed by atoms with Gasteiger partial charge in [-0.05, 0) is 51.8 Å². The maximum atomic E-state index is 5.73. The Bertz CT molecular complexity index is 549. The van der Waals surface area contributed by atoms with Gasteiger partial charge in [-0.25, -0.2) is 0 Å². The highest BCUT2D eigenvalue weighted by atomic mass is 32.1. The molecular formula is C17H24N2S. The molecule has 2 rings (SSSR count). The highest BCUT2D eigenvalue weighted by Crippen LogP contribution is 2.26. The Balaban J connectivity index is 2.15. The van der Waals surface area contributed by atoms with Gasteiger partial charge in [0.15, 0.2) is 0 Å². The minimum absolute atomic E-state index is 0.182. The molecule has 1 heterocycles. The van der Waals surface area contributed by atoms with Crippen LogP contribution in [0, 0.1) is 6.92 Å². The number of thiophene rings is 1. The summed E-state index contributed by atoms with van der Waals surface area (Å²) in [5.41, 5.74) is 8.44. The molecule has 3 N–H and O–H groups in total. The van der Waals surface area contributed by atoms with Crippen LogP contribution in [-0.2, 0) is 11.8 Å². The fourth-order valence-corrected chi connectivity index (χ4v) is 3.27. The maximum Gasteiger partial charge on any atom is 0.0511 e. The van der Waals surface area contributed by atoms with Gasteiger partial charge in [0, 0.05) is 0 Å². The lowest BCUT2D eigenvalue weighted by atomic mass is 9.86. The maximum absolute atomic E-state index is 5.73. The summed E-state index contributed by atoms with van der Waals surface area (Å²) in [6, 6.07) is 9.06. The fourth-order valence-electron chi connectivity index (χ4n) is 2.36. The first-order chi connectivity index (χ1) is 9.41. The zero-order chi connectivity index (χ0) is 14.8. The van der Waals surface area contributed by atoms with Gasteiger partial charge in [-0.2, -0.15) is 11.3 Å². The largest absolute Gasteiger partial charge is 0.271 e. The van der Waals surface area contributed by atoms with E-state index in [1.165, 1.54) is 22.3 Å². The molecule has 2 aromatic rings. The van der Waals surface area contributed by atoms with Crippen LogP contribution in [0.15, 0.2) is 35.0 Å². The van der Waals surface area contributed by atoms with Gasteiger partial charge in [-0.3, -0.25) is 11.3 Å². The predicted octanol–water partition coefficient (Wildman–Crippen LogP) is 4.10. The second-order valence-electron chi connectivity index (χ2n) is 6.38. The van der Waals surface area contributed by atoms with E-state index in [9.17, 15) is 0 Å². The number of nitrogens with one attached hydrogen (secondary N) is 1. The van der Waals surface area contributed by atoms with Crippen molar-refractivity contribution in [1.29, 1.82) is 0 Å². The zero-order valence-corrected chi connectivity index (χ0v) is 13.6. The molecule has 0 fully saturated rings. The number of rotatable bonds is 4. The van der Waals surface area contributed by atoms with Crippen LogP contribution in [0.25, 0.3) is 0 Å². The van der Waals surface area contributed by atoms with Crippen molar-refractivity contribution < 1.29 is 0 Å². The SMILES string of the molecule is Cc1cscc1C(Cc1ccc(C(C)(C)C)cc1)NN. The van der Waals surface area contributed by atoms with Crippen LogP contribution in [0.3, 0.4) is 0 Å². The van der Waals surface area contributed by atoms with E-state index in [0.717, 1.165) is 6.42 Å². The third kappa shape index (κ3) is 3.48. The normalized spacial score (nSPS) is 13.4. The Morgan fingerprint density at radius 1 is 1.15 bits per heavy atom. The Kier molecular flexibility index (Phi) is 4.63. The Hall–Kier alpha value is -1.16. The third-order valence-electron chi connectivity index (χ3n) is 3.73. The van der Waals surface area contributed by atoms with Crippen molar-refractivity contribution in [3.8, 4) is 0 Å². The predicted molar refractivity (Wildman–Crippen MR) is 88.0 cm³/mol. The second kappa shape index (κ2) is 6.08. The standard InChI is InChI=1S/C17H24N2S/c1-12-10-20-11-15(12)16(19-18)9-13-5-7-14(8-6-13)17(2,3)4/h5-8,10-11,16,19H,9,18H2,1-4H3. The molecule has 1 atom stereocenters. The Morgan fingerprint density at radius 2 is 1.80 bits per heavy atom. The summed E-state index contributed by atoms with van der Waals surface area (Å²) in [7, 11) is 0. The molecular weight excluding hydrogens is 264 g/mol. The Labute approximate surface area is 126 Å². The smallest absolute Gasteiger partial charge is 0.0511 e. The van der Waals surface area contributed by atoms with Crippen molar-refractivity contribution in [3.63, 3.8) is 0 Å². The quantitative estimate of drug-likeness (QED) is 0.656. The van der Waals surface area contributed by atoms with E-state index < -0.39 is 0 Å². The molecule has 0 aliphatic heterocycles. The summed E-state index contributed by atoms with van der Waals surface area (Å²) in [5, 5.41) is 4.35. The van der Waals surface area contributed by atoms with Gasteiger partial charge in [0.25, 0.3) is 0 Å². The summed E-state index contributed by atoms with van der Waals surface area (Å²) in [6.07, 6.45) is 0.915. The fraction of sp³-hybridized carbons (Fsp3) is 0.412. The molecule has 1 aromatic heterocycles. The van der Waals surface area contributed by atoms with Crippen LogP contribution < -0.4 is 11.3 Å². The van der Waals surface area contributed by atoms with Crippen LogP contribution in [0.1, 0.15) is 49.1 Å². The molecule has 3 heteroatoms. The molecule has 0 aliphatic carbocycles. The van der Waals surface area contributed by atoms with Crippen LogP contribution >= 0.6 is 11.3 Å². The number of aryl methyl sites for hydroxylation is 1. The molecule has 1 unspecified atom stereocenters. The number of nitrogens with two attached hydrogens (primary N) is 1. The number of hydrogen-bond donors (Lipinski definition) is 2. The van der Waals surface area contributed by atoms with Crippen LogP contribution in [-0.4, -0.2) is 0 Å². The second-order valence-corrected chi connectivity index (χ2v) is 7.12. The molecule has 0 amide bonds. The van der Waals surface area contributed by atoms with Gasteiger partial charge in [-0.15, -0.1) is 0 Å². The molecule has 20 heavy (non-hydrogen) atoms. The molecule has 0 saturated carbocycles. The minimum Gasteiger partial charge on any atom is -0.271 e. The molecule has 0 aliphatic rings. The van der Waals surface area contributed by atoms with Gasteiger partial charge in [0.1, 0.15) is 0 Å². The first-order valence-electron chi connectivity index (χ1n) is 7.00. The molecule has 0 bridgehead atoms. The molecule has 0 radical (unpaired) electrons. The van der Waals surface area contributed by atoms with Gasteiger partial charge in [-0.1, -0.05) is 45.0 Å². The summed E-state index contributed by atoms with van der Waals surface area (Å²) < 4.78 is 0. The molecule has 0 spiro atoms. The van der Waals surface area contributed by atoms with E-state index in [4.69, 9.17) is 5.84 Å². The molecule has 1 aromatic carbocycles. The average Bonchev–Trinajstić information content (AvgIpc) is 2.82. The van der Waals surface area contributed by atoms with Gasteiger partial charge in [0.2, 0.25) is 0 Å². The number of hydrazine groups is 1. The summed E-state index contributed by atoms with van der Waals surface area (Å²) in [5.74, 6) is 5.73. The van der Waals surface area contributed by atoms with E-state index in [1.54, 1.807) is 11.3 Å². The molecule has 2 nitrogen and oxygen atoms in total. The summed E-state index contributed by atoms with van der Waals surface area (Å²) in [6.45, 7) is 8.85. The minimum atomic E-state index is 0.182. The van der Waals surface area contributed by atoms with Crippen LogP contribution in [0.4, 0.5) is 0 Å². The van der Waals surface area contributed by atoms with Crippen molar-refractivity contribution in [3.05, 3.63) is 57.3 Å². The van der Waals surface area contributed by atoms with Gasteiger partial charge >= 0.3 is 0 Å². The first-order valence-corrected chi connectivity index (χ1v) is 7.94. The molecule has 108 valence electrons. The van der Waals surface area contributed by atoms with Crippen molar-refractivity contribution >= 4 is 11.3 Å². The van der Waals surface area contributed by atoms with Gasteiger partial charge in [0.05, 0.1) is 6.04 Å². The lowest BCUT2D eigenvalue weighted by Crippen LogP contribution is -2.29. The van der Waals surface area contributed by atoms with Crippen molar-refractivity contribution in [2.75, 3.05) is 0 Å². The highest BCUT2D eigenvalue weighted by molar-refractivity contribution is 7.08. The first kappa shape index (κ1) is 15.2. The van der Waals surface area contributed by atoms with E-state index in [-0.39, 0.29) is 11.5 Å². The van der Waals surface area contributed by atoms with Crippen LogP contribution in [0.5, 0.6) is 0 Å². The van der Waals surface area contributed by atoms with Crippen molar-refractivity contribution in [1.82, 2.24) is 5.43 Å². The average molecular weight is 288 g/mol. The lowest BCUT2D eigenvalue weighted by molar-refractivity contribution is 0.550. The van der Waals surface area contributed by atoms with Crippen molar-refractivity contribution in [2.45, 2.75) is 45.6 Å². The van der Waals surface area contributed by atoms with E-state index in [2.05, 4.69) is 68.1 Å². The zero-order valence-electron chi connectivity index (χ0n) is 12.7. The van der Waals surface area contributed by atoms with Crippen molar-refractivity contribution in [2.24, 2.45) is 5.84 Å². The van der Waals surface area contributed by atoms with E-state index >= 15 is 0 Å². The van der Waals surface area contributed by atoms with Gasteiger partial charge < -0.3 is 0 Å². The molecule has 0 saturated heterocycles. The highest BCUT2D eigenvalue weighted by Gasteiger charge is 2.16. The Morgan fingerprint density at radius 3 is 2.25 bits per heavy atom. The monoisotopic (exact) mass is 288 g/mol.